The number of alkyl halides is 1. The lowest BCUT2D eigenvalue weighted by atomic mass is 10.0. The Balaban J connectivity index is 1.51. The molecule has 3 rings (SSSR count). The number of hydrogen-bond donors (Lipinski definition) is 2. The average Bonchev–Trinajstić information content (AvgIpc) is 2.71. The summed E-state index contributed by atoms with van der Waals surface area (Å²) >= 11 is 14.0. The summed E-state index contributed by atoms with van der Waals surface area (Å²) in [6, 6.07) is 21.1. The van der Waals surface area contributed by atoms with Gasteiger partial charge in [-0.1, -0.05) is 76.1 Å². The molecule has 0 aliphatic heterocycles. The van der Waals surface area contributed by atoms with E-state index in [1.54, 1.807) is 25.1 Å². The van der Waals surface area contributed by atoms with Crippen LogP contribution >= 0.6 is 45.8 Å². The van der Waals surface area contributed by atoms with Crippen LogP contribution in [-0.4, -0.2) is 16.1 Å². The van der Waals surface area contributed by atoms with Gasteiger partial charge in [0.25, 0.3) is 5.91 Å². The molecule has 4 nitrogen and oxygen atoms in total. The highest BCUT2D eigenvalue weighted by Gasteiger charge is 2.23. The molecule has 3 N–H and O–H groups in total. The van der Waals surface area contributed by atoms with E-state index < -0.39 is 3.55 Å². The van der Waals surface area contributed by atoms with Crippen LogP contribution in [0.15, 0.2) is 66.7 Å². The van der Waals surface area contributed by atoms with Gasteiger partial charge in [-0.15, -0.1) is 0 Å². The highest BCUT2D eigenvalue weighted by atomic mass is 127. The summed E-state index contributed by atoms with van der Waals surface area (Å²) in [5.74, 6) is 0.492. The van der Waals surface area contributed by atoms with Gasteiger partial charge in [-0.2, -0.15) is 0 Å². The molecule has 0 heterocycles. The number of nitrogens with two attached hydrogens (primary N) is 1. The first-order valence-electron chi connectivity index (χ1n) is 9.29. The number of hydrogen-bond acceptors (Lipinski definition) is 3. The summed E-state index contributed by atoms with van der Waals surface area (Å²) < 4.78 is 4.85. The van der Waals surface area contributed by atoms with Gasteiger partial charge in [0, 0.05) is 12.1 Å². The summed E-state index contributed by atoms with van der Waals surface area (Å²) in [5.41, 5.74) is 9.73. The number of anilines is 1. The number of rotatable bonds is 7. The second-order valence-electron chi connectivity index (χ2n) is 6.98. The number of benzene rings is 3. The number of nitrogens with one attached hydrogen (secondary N) is 1. The molecule has 0 fully saturated rings. The predicted octanol–water partition coefficient (Wildman–Crippen LogP) is 6.33. The van der Waals surface area contributed by atoms with Crippen LogP contribution in [0.2, 0.25) is 10.0 Å². The minimum absolute atomic E-state index is 0.249. The van der Waals surface area contributed by atoms with Crippen molar-refractivity contribution in [3.05, 3.63) is 82.3 Å². The van der Waals surface area contributed by atoms with Gasteiger partial charge in [0.05, 0.1) is 16.7 Å². The molecular weight excluding hydrogens is 534 g/mol. The molecule has 1 amide bonds. The highest BCUT2D eigenvalue weighted by Crippen LogP contribution is 2.28. The van der Waals surface area contributed by atoms with Crippen LogP contribution in [0.25, 0.3) is 11.1 Å². The van der Waals surface area contributed by atoms with E-state index in [2.05, 4.69) is 29.6 Å². The van der Waals surface area contributed by atoms with E-state index in [1.807, 2.05) is 46.9 Å². The first-order valence-corrected chi connectivity index (χ1v) is 11.1. The van der Waals surface area contributed by atoms with Crippen LogP contribution in [0.3, 0.4) is 0 Å². The van der Waals surface area contributed by atoms with E-state index in [9.17, 15) is 4.79 Å². The van der Waals surface area contributed by atoms with E-state index >= 15 is 0 Å². The Morgan fingerprint density at radius 2 is 1.63 bits per heavy atom. The van der Waals surface area contributed by atoms with Crippen molar-refractivity contribution in [1.82, 2.24) is 0 Å². The zero-order chi connectivity index (χ0) is 21.7. The quantitative estimate of drug-likeness (QED) is 0.204. The maximum atomic E-state index is 11.9. The van der Waals surface area contributed by atoms with Crippen LogP contribution in [-0.2, 0) is 11.2 Å². The first-order chi connectivity index (χ1) is 14.2. The van der Waals surface area contributed by atoms with Crippen molar-refractivity contribution in [2.24, 2.45) is 5.73 Å². The topological polar surface area (TPSA) is 64.4 Å². The summed E-state index contributed by atoms with van der Waals surface area (Å²) in [6.45, 7) is 2.20. The van der Waals surface area contributed by atoms with Crippen LogP contribution < -0.4 is 15.8 Å². The van der Waals surface area contributed by atoms with Crippen LogP contribution in [0.1, 0.15) is 12.5 Å². The lowest BCUT2D eigenvalue weighted by Gasteiger charge is -2.16. The minimum atomic E-state index is -0.956. The molecule has 0 radical (unpaired) electrons. The standard InChI is InChI=1S/C23H21Cl2IN2O2/c1-23(26,27)22(29)28-18-7-9-19(10-8-18)30-13-12-15-2-4-16(5-3-15)17-6-11-20(24)21(25)14-17/h2-11,14H,12-13,27H2,1H3,(H,28,29)/t23-/m0/s1. The number of halogens is 3. The van der Waals surface area contributed by atoms with E-state index in [0.717, 1.165) is 23.3 Å². The molecule has 3 aromatic rings. The number of ether oxygens (including phenoxy) is 1. The average molecular weight is 555 g/mol. The Labute approximate surface area is 199 Å². The second kappa shape index (κ2) is 10.0. The third-order valence-corrected chi connectivity index (χ3v) is 5.65. The van der Waals surface area contributed by atoms with Gasteiger partial charge >= 0.3 is 0 Å². The molecule has 0 bridgehead atoms. The molecule has 0 saturated heterocycles. The van der Waals surface area contributed by atoms with E-state index in [4.69, 9.17) is 33.7 Å². The molecule has 7 heteroatoms. The molecule has 30 heavy (non-hydrogen) atoms. The maximum Gasteiger partial charge on any atom is 0.254 e. The first kappa shape index (κ1) is 22.9. The third kappa shape index (κ3) is 6.35. The van der Waals surface area contributed by atoms with Crippen LogP contribution in [0.4, 0.5) is 5.69 Å². The van der Waals surface area contributed by atoms with Crippen LogP contribution in [0, 0.1) is 0 Å². The summed E-state index contributed by atoms with van der Waals surface area (Å²) in [5, 5.41) is 3.87. The highest BCUT2D eigenvalue weighted by molar-refractivity contribution is 14.1. The smallest absolute Gasteiger partial charge is 0.254 e. The molecule has 0 aliphatic rings. The van der Waals surface area contributed by atoms with Gasteiger partial charge in [0.2, 0.25) is 0 Å². The Kier molecular flexibility index (Phi) is 7.63. The minimum Gasteiger partial charge on any atom is -0.493 e. The van der Waals surface area contributed by atoms with Gasteiger partial charge < -0.3 is 15.8 Å². The normalized spacial score (nSPS) is 12.8. The fourth-order valence-corrected chi connectivity index (χ4v) is 3.15. The largest absolute Gasteiger partial charge is 0.493 e. The number of carbonyl (C=O) groups is 1. The Morgan fingerprint density at radius 1 is 1.00 bits per heavy atom. The molecule has 1 atom stereocenters. The van der Waals surface area contributed by atoms with Crippen molar-refractivity contribution in [3.8, 4) is 16.9 Å². The van der Waals surface area contributed by atoms with Crippen molar-refractivity contribution in [2.45, 2.75) is 16.9 Å². The maximum absolute atomic E-state index is 11.9. The molecular formula is C23H21Cl2IN2O2. The van der Waals surface area contributed by atoms with Crippen molar-refractivity contribution < 1.29 is 9.53 Å². The van der Waals surface area contributed by atoms with Gasteiger partial charge in [-0.25, -0.2) is 0 Å². The third-order valence-electron chi connectivity index (χ3n) is 4.42. The fourth-order valence-electron chi connectivity index (χ4n) is 2.71. The summed E-state index contributed by atoms with van der Waals surface area (Å²) in [6.07, 6.45) is 0.778. The summed E-state index contributed by atoms with van der Waals surface area (Å²) in [4.78, 5) is 11.9. The fraction of sp³-hybridized carbons (Fsp3) is 0.174. The van der Waals surface area contributed by atoms with Crippen molar-refractivity contribution in [2.75, 3.05) is 11.9 Å². The SMILES string of the molecule is C[C@@](N)(I)C(=O)Nc1ccc(OCCc2ccc(-c3ccc(Cl)c(Cl)c3)cc2)cc1. The van der Waals surface area contributed by atoms with Crippen LogP contribution in [0.5, 0.6) is 5.75 Å². The van der Waals surface area contributed by atoms with Crippen molar-refractivity contribution >= 4 is 57.4 Å². The second-order valence-corrected chi connectivity index (χ2v) is 10.0. The van der Waals surface area contributed by atoms with Gasteiger partial charge in [0.1, 0.15) is 9.30 Å². The van der Waals surface area contributed by atoms with E-state index in [0.29, 0.717) is 22.3 Å². The Morgan fingerprint density at radius 3 is 2.23 bits per heavy atom. The number of amides is 1. The Bertz CT molecular complexity index is 1020. The zero-order valence-electron chi connectivity index (χ0n) is 16.3. The molecule has 156 valence electrons. The van der Waals surface area contributed by atoms with Gasteiger partial charge in [-0.05, 0) is 60.0 Å². The molecule has 0 unspecified atom stereocenters. The van der Waals surface area contributed by atoms with Crippen molar-refractivity contribution in [1.29, 1.82) is 0 Å². The Hall–Kier alpha value is -1.80. The molecule has 3 aromatic carbocycles. The lowest BCUT2D eigenvalue weighted by Crippen LogP contribution is -2.42. The van der Waals surface area contributed by atoms with E-state index in [-0.39, 0.29) is 5.91 Å². The number of carbonyl (C=O) groups excluding carboxylic acids is 1. The van der Waals surface area contributed by atoms with Gasteiger partial charge in [-0.3, -0.25) is 4.79 Å². The van der Waals surface area contributed by atoms with E-state index in [1.165, 1.54) is 5.56 Å². The van der Waals surface area contributed by atoms with Crippen molar-refractivity contribution in [3.63, 3.8) is 0 Å². The zero-order valence-corrected chi connectivity index (χ0v) is 20.0. The lowest BCUT2D eigenvalue weighted by molar-refractivity contribution is -0.117. The molecule has 0 aliphatic carbocycles. The molecule has 0 saturated carbocycles. The predicted molar refractivity (Wildman–Crippen MR) is 133 cm³/mol. The molecule has 0 aromatic heterocycles. The monoisotopic (exact) mass is 554 g/mol. The summed E-state index contributed by atoms with van der Waals surface area (Å²) in [7, 11) is 0. The molecule has 0 spiro atoms. The van der Waals surface area contributed by atoms with Gasteiger partial charge in [0.15, 0.2) is 0 Å².